The summed E-state index contributed by atoms with van der Waals surface area (Å²) in [4.78, 5) is 4.24. The van der Waals surface area contributed by atoms with E-state index in [1.165, 1.54) is 0 Å². The Morgan fingerprint density at radius 3 is 2.42 bits per heavy atom. The summed E-state index contributed by atoms with van der Waals surface area (Å²) in [6.07, 6.45) is -0.0138. The highest BCUT2D eigenvalue weighted by Gasteiger charge is 2.09. The van der Waals surface area contributed by atoms with Crippen LogP contribution in [0.2, 0.25) is 0 Å². The maximum absolute atomic E-state index is 5.98. The van der Waals surface area contributed by atoms with Crippen LogP contribution in [0.15, 0.2) is 47.5 Å². The van der Waals surface area contributed by atoms with E-state index in [1.807, 2.05) is 56.3 Å². The smallest absolute Gasteiger partial charge is 0.195 e. The van der Waals surface area contributed by atoms with Crippen molar-refractivity contribution in [3.63, 3.8) is 0 Å². The molecule has 0 saturated heterocycles. The van der Waals surface area contributed by atoms with Gasteiger partial charge in [0.1, 0.15) is 11.9 Å². The average Bonchev–Trinajstić information content (AvgIpc) is 2.66. The zero-order valence-electron chi connectivity index (χ0n) is 16.0. The van der Waals surface area contributed by atoms with Gasteiger partial charge in [-0.2, -0.15) is 0 Å². The van der Waals surface area contributed by atoms with Crippen molar-refractivity contribution in [2.24, 2.45) is 4.99 Å². The molecule has 0 fully saturated rings. The lowest BCUT2D eigenvalue weighted by atomic mass is 10.2. The maximum atomic E-state index is 5.98. The molecule has 140 valence electrons. The Kier molecular flexibility index (Phi) is 7.14. The lowest BCUT2D eigenvalue weighted by molar-refractivity contribution is 0.223. The van der Waals surface area contributed by atoms with E-state index < -0.39 is 0 Å². The number of benzene rings is 2. The number of methoxy groups -OCH3 is 2. The maximum Gasteiger partial charge on any atom is 0.195 e. The van der Waals surface area contributed by atoms with Gasteiger partial charge in [0, 0.05) is 18.8 Å². The van der Waals surface area contributed by atoms with Gasteiger partial charge in [0.2, 0.25) is 0 Å². The van der Waals surface area contributed by atoms with Gasteiger partial charge in [0.25, 0.3) is 0 Å². The summed E-state index contributed by atoms with van der Waals surface area (Å²) < 4.78 is 16.6. The third kappa shape index (κ3) is 5.31. The van der Waals surface area contributed by atoms with E-state index in [-0.39, 0.29) is 6.10 Å². The lowest BCUT2D eigenvalue weighted by Crippen LogP contribution is -2.37. The van der Waals surface area contributed by atoms with Gasteiger partial charge in [-0.25, -0.2) is 0 Å². The zero-order chi connectivity index (χ0) is 18.9. The minimum absolute atomic E-state index is 0.0138. The first kappa shape index (κ1) is 19.4. The van der Waals surface area contributed by atoms with Crippen LogP contribution in [0.25, 0.3) is 0 Å². The molecule has 0 aromatic heterocycles. The summed E-state index contributed by atoms with van der Waals surface area (Å²) in [6.45, 7) is 4.66. The third-order valence-corrected chi connectivity index (χ3v) is 3.85. The van der Waals surface area contributed by atoms with E-state index in [2.05, 4.69) is 15.6 Å². The number of rotatable bonds is 7. The van der Waals surface area contributed by atoms with Gasteiger partial charge in [-0.1, -0.05) is 18.2 Å². The van der Waals surface area contributed by atoms with Crippen LogP contribution in [-0.4, -0.2) is 39.9 Å². The predicted octanol–water partition coefficient (Wildman–Crippen LogP) is 3.47. The average molecular weight is 357 g/mol. The van der Waals surface area contributed by atoms with Gasteiger partial charge in [-0.15, -0.1) is 0 Å². The van der Waals surface area contributed by atoms with Crippen LogP contribution >= 0.6 is 0 Å². The largest absolute Gasteiger partial charge is 0.493 e. The monoisotopic (exact) mass is 357 g/mol. The van der Waals surface area contributed by atoms with Crippen molar-refractivity contribution in [3.05, 3.63) is 48.0 Å². The van der Waals surface area contributed by atoms with E-state index in [0.717, 1.165) is 17.0 Å². The minimum atomic E-state index is -0.0138. The number of nitrogens with zero attached hydrogens (tertiary/aromatic N) is 1. The van der Waals surface area contributed by atoms with Gasteiger partial charge in [0.05, 0.1) is 20.8 Å². The van der Waals surface area contributed by atoms with Crippen LogP contribution in [0.5, 0.6) is 17.2 Å². The fraction of sp³-hybridized carbons (Fsp3) is 0.350. The second-order valence-corrected chi connectivity index (χ2v) is 5.84. The number of para-hydroxylation sites is 1. The van der Waals surface area contributed by atoms with E-state index in [0.29, 0.717) is 24.0 Å². The Hall–Kier alpha value is -2.89. The Labute approximate surface area is 155 Å². The molecule has 0 radical (unpaired) electrons. The molecule has 0 amide bonds. The Bertz CT molecular complexity index is 747. The molecule has 2 aromatic carbocycles. The summed E-state index contributed by atoms with van der Waals surface area (Å²) in [7, 11) is 4.95. The van der Waals surface area contributed by atoms with Crippen LogP contribution < -0.4 is 24.8 Å². The summed E-state index contributed by atoms with van der Waals surface area (Å²) in [5.74, 6) is 2.88. The molecule has 0 bridgehead atoms. The van der Waals surface area contributed by atoms with Gasteiger partial charge >= 0.3 is 0 Å². The van der Waals surface area contributed by atoms with Crippen molar-refractivity contribution in [2.45, 2.75) is 20.0 Å². The summed E-state index contributed by atoms with van der Waals surface area (Å²) in [6, 6.07) is 13.6. The van der Waals surface area contributed by atoms with Crippen LogP contribution in [0.4, 0.5) is 5.69 Å². The van der Waals surface area contributed by atoms with Crippen LogP contribution in [-0.2, 0) is 0 Å². The SMILES string of the molecule is CN=C(NCC(C)Oc1ccccc1C)Nc1ccc(OC)c(OC)c1. The molecule has 2 N–H and O–H groups in total. The van der Waals surface area contributed by atoms with Gasteiger partial charge in [-0.05, 0) is 37.6 Å². The van der Waals surface area contributed by atoms with Gasteiger partial charge < -0.3 is 24.8 Å². The van der Waals surface area contributed by atoms with Crippen molar-refractivity contribution in [1.82, 2.24) is 5.32 Å². The fourth-order valence-corrected chi connectivity index (χ4v) is 2.42. The number of ether oxygens (including phenoxy) is 3. The van der Waals surface area contributed by atoms with Crippen LogP contribution in [0.3, 0.4) is 0 Å². The molecule has 1 unspecified atom stereocenters. The van der Waals surface area contributed by atoms with E-state index in [1.54, 1.807) is 21.3 Å². The van der Waals surface area contributed by atoms with Gasteiger partial charge in [-0.3, -0.25) is 4.99 Å². The topological polar surface area (TPSA) is 64.1 Å². The first-order valence-corrected chi connectivity index (χ1v) is 8.49. The van der Waals surface area contributed by atoms with Crippen molar-refractivity contribution >= 4 is 11.6 Å². The summed E-state index contributed by atoms with van der Waals surface area (Å²) >= 11 is 0. The second-order valence-electron chi connectivity index (χ2n) is 5.84. The van der Waals surface area contributed by atoms with Crippen molar-refractivity contribution in [2.75, 3.05) is 33.1 Å². The molecule has 1 atom stereocenters. The molecule has 26 heavy (non-hydrogen) atoms. The van der Waals surface area contributed by atoms with E-state index in [9.17, 15) is 0 Å². The summed E-state index contributed by atoms with van der Waals surface area (Å²) in [5.41, 5.74) is 1.97. The molecule has 0 aliphatic rings. The van der Waals surface area contributed by atoms with Crippen molar-refractivity contribution in [1.29, 1.82) is 0 Å². The minimum Gasteiger partial charge on any atom is -0.493 e. The predicted molar refractivity (Wildman–Crippen MR) is 106 cm³/mol. The van der Waals surface area contributed by atoms with Crippen molar-refractivity contribution < 1.29 is 14.2 Å². The standard InChI is InChI=1S/C20H27N3O3/c1-14-8-6-7-9-17(14)26-15(2)13-22-20(21-3)23-16-10-11-18(24-4)19(12-16)25-5/h6-12,15H,13H2,1-5H3,(H2,21,22,23). The Morgan fingerprint density at radius 2 is 1.77 bits per heavy atom. The summed E-state index contributed by atoms with van der Waals surface area (Å²) in [5, 5.41) is 6.50. The van der Waals surface area contributed by atoms with Crippen molar-refractivity contribution in [3.8, 4) is 17.2 Å². The number of aliphatic imine (C=N–C) groups is 1. The molecule has 0 aliphatic carbocycles. The van der Waals surface area contributed by atoms with E-state index in [4.69, 9.17) is 14.2 Å². The molecule has 2 aromatic rings. The van der Waals surface area contributed by atoms with Gasteiger partial charge in [0.15, 0.2) is 17.5 Å². The molecular formula is C20H27N3O3. The number of anilines is 1. The number of hydrogen-bond donors (Lipinski definition) is 2. The quantitative estimate of drug-likeness (QED) is 0.587. The first-order valence-electron chi connectivity index (χ1n) is 8.49. The fourth-order valence-electron chi connectivity index (χ4n) is 2.42. The highest BCUT2D eigenvalue weighted by molar-refractivity contribution is 5.93. The first-order chi connectivity index (χ1) is 12.6. The molecule has 0 heterocycles. The number of hydrogen-bond acceptors (Lipinski definition) is 4. The van der Waals surface area contributed by atoms with Crippen LogP contribution in [0.1, 0.15) is 12.5 Å². The molecule has 2 rings (SSSR count). The molecule has 0 saturated carbocycles. The normalized spacial score (nSPS) is 12.3. The van der Waals surface area contributed by atoms with Crippen LogP contribution in [0, 0.1) is 6.92 Å². The zero-order valence-corrected chi connectivity index (χ0v) is 16.0. The molecular weight excluding hydrogens is 330 g/mol. The Balaban J connectivity index is 1.92. The third-order valence-electron chi connectivity index (χ3n) is 3.85. The number of nitrogens with one attached hydrogen (secondary N) is 2. The molecule has 0 spiro atoms. The number of aryl methyl sites for hydroxylation is 1. The molecule has 0 aliphatic heterocycles. The van der Waals surface area contributed by atoms with E-state index >= 15 is 0 Å². The highest BCUT2D eigenvalue weighted by Crippen LogP contribution is 2.29. The molecule has 6 nitrogen and oxygen atoms in total. The lowest BCUT2D eigenvalue weighted by Gasteiger charge is -2.19. The Morgan fingerprint density at radius 1 is 1.04 bits per heavy atom. The molecule has 6 heteroatoms. The number of guanidine groups is 1. The second kappa shape index (κ2) is 9.56. The highest BCUT2D eigenvalue weighted by atomic mass is 16.5.